The van der Waals surface area contributed by atoms with Gasteiger partial charge in [-0.1, -0.05) is 36.0 Å². The van der Waals surface area contributed by atoms with Crippen molar-refractivity contribution in [2.45, 2.75) is 11.3 Å². The van der Waals surface area contributed by atoms with Gasteiger partial charge < -0.3 is 0 Å². The maximum Gasteiger partial charge on any atom is 0.250 e. The van der Waals surface area contributed by atoms with E-state index in [1.807, 2.05) is 24.3 Å². The van der Waals surface area contributed by atoms with E-state index in [-0.39, 0.29) is 17.5 Å². The van der Waals surface area contributed by atoms with E-state index < -0.39 is 0 Å². The maximum atomic E-state index is 12.9. The lowest BCUT2D eigenvalue weighted by atomic mass is 10.1. The third-order valence-corrected chi connectivity index (χ3v) is 5.39. The number of hydrazone groups is 1. The van der Waals surface area contributed by atoms with Gasteiger partial charge in [-0.25, -0.2) is 14.8 Å². The Balaban J connectivity index is 1.55. The number of rotatable bonds is 5. The Morgan fingerprint density at radius 2 is 2.00 bits per heavy atom. The Bertz CT molecular complexity index is 857. The molecule has 0 atom stereocenters. The zero-order valence-electron chi connectivity index (χ0n) is 12.8. The van der Waals surface area contributed by atoms with Gasteiger partial charge in [0, 0.05) is 0 Å². The molecule has 4 nitrogen and oxygen atoms in total. The van der Waals surface area contributed by atoms with Gasteiger partial charge in [0.05, 0.1) is 21.7 Å². The highest BCUT2D eigenvalue weighted by atomic mass is 32.2. The number of fused-ring (bicyclic) bond motifs is 1. The average Bonchev–Trinajstić information content (AvgIpc) is 3.01. The van der Waals surface area contributed by atoms with E-state index in [0.717, 1.165) is 20.1 Å². The molecule has 0 aliphatic heterocycles. The van der Waals surface area contributed by atoms with E-state index in [9.17, 15) is 9.18 Å². The quantitative estimate of drug-likeness (QED) is 0.424. The van der Waals surface area contributed by atoms with Gasteiger partial charge in [-0.05, 0) is 36.8 Å². The molecule has 0 fully saturated rings. The van der Waals surface area contributed by atoms with Crippen molar-refractivity contribution in [1.29, 1.82) is 0 Å². The molecule has 0 saturated carbocycles. The lowest BCUT2D eigenvalue weighted by Gasteiger charge is -2.02. The molecule has 3 rings (SSSR count). The van der Waals surface area contributed by atoms with Crippen molar-refractivity contribution in [2.75, 3.05) is 5.75 Å². The number of nitrogens with one attached hydrogen (secondary N) is 1. The van der Waals surface area contributed by atoms with Crippen molar-refractivity contribution in [3.05, 3.63) is 59.9 Å². The number of halogens is 1. The van der Waals surface area contributed by atoms with Crippen molar-refractivity contribution < 1.29 is 9.18 Å². The molecule has 0 saturated heterocycles. The third kappa shape index (κ3) is 4.18. The molecule has 1 N–H and O–H groups in total. The average molecular weight is 359 g/mol. The van der Waals surface area contributed by atoms with Crippen LogP contribution in [0.4, 0.5) is 4.39 Å². The summed E-state index contributed by atoms with van der Waals surface area (Å²) in [4.78, 5) is 16.4. The number of thiazole rings is 1. The molecule has 1 aromatic heterocycles. The second-order valence-corrected chi connectivity index (χ2v) is 7.23. The molecule has 0 radical (unpaired) electrons. The van der Waals surface area contributed by atoms with Gasteiger partial charge in [0.1, 0.15) is 5.82 Å². The number of carbonyl (C=O) groups is 1. The van der Waals surface area contributed by atoms with Gasteiger partial charge in [0.25, 0.3) is 5.91 Å². The first-order valence-electron chi connectivity index (χ1n) is 7.19. The Labute approximate surface area is 146 Å². The van der Waals surface area contributed by atoms with Gasteiger partial charge in [0.2, 0.25) is 0 Å². The first-order chi connectivity index (χ1) is 11.6. The van der Waals surface area contributed by atoms with Crippen LogP contribution in [-0.4, -0.2) is 22.4 Å². The molecule has 0 spiro atoms. The lowest BCUT2D eigenvalue weighted by Crippen LogP contribution is -2.21. The van der Waals surface area contributed by atoms with E-state index in [2.05, 4.69) is 15.5 Å². The molecule has 3 aromatic rings. The van der Waals surface area contributed by atoms with E-state index in [1.165, 1.54) is 23.9 Å². The molecule has 7 heteroatoms. The lowest BCUT2D eigenvalue weighted by molar-refractivity contribution is -0.118. The van der Waals surface area contributed by atoms with Crippen LogP contribution in [0.25, 0.3) is 10.2 Å². The summed E-state index contributed by atoms with van der Waals surface area (Å²) in [5.41, 5.74) is 4.83. The highest BCUT2D eigenvalue weighted by Crippen LogP contribution is 2.28. The standard InChI is InChI=1S/C17H14FN3OS2/c1-11(12-6-8-13(18)9-7-12)20-21-16(22)10-23-17-19-14-4-2-3-5-15(14)24-17/h2-9H,10H2,1H3,(H,21,22)/b20-11+. The Morgan fingerprint density at radius 3 is 2.75 bits per heavy atom. The van der Waals surface area contributed by atoms with Crippen molar-refractivity contribution >= 4 is 44.9 Å². The minimum absolute atomic E-state index is 0.208. The topological polar surface area (TPSA) is 54.4 Å². The fourth-order valence-electron chi connectivity index (χ4n) is 1.97. The Morgan fingerprint density at radius 1 is 1.25 bits per heavy atom. The van der Waals surface area contributed by atoms with Gasteiger partial charge >= 0.3 is 0 Å². The summed E-state index contributed by atoms with van der Waals surface area (Å²) in [5, 5.41) is 4.04. The number of para-hydroxylation sites is 1. The summed E-state index contributed by atoms with van der Waals surface area (Å²) >= 11 is 2.94. The molecule has 1 amide bonds. The monoisotopic (exact) mass is 359 g/mol. The molecular formula is C17H14FN3OS2. The van der Waals surface area contributed by atoms with Crippen molar-refractivity contribution in [1.82, 2.24) is 10.4 Å². The van der Waals surface area contributed by atoms with E-state index in [1.54, 1.807) is 30.4 Å². The Hall–Kier alpha value is -2.25. The first kappa shape index (κ1) is 16.6. The van der Waals surface area contributed by atoms with Gasteiger partial charge in [0.15, 0.2) is 4.34 Å². The highest BCUT2D eigenvalue weighted by Gasteiger charge is 2.07. The summed E-state index contributed by atoms with van der Waals surface area (Å²) in [7, 11) is 0. The number of carbonyl (C=O) groups excluding carboxylic acids is 1. The Kier molecular flexibility index (Phi) is 5.22. The number of amides is 1. The summed E-state index contributed by atoms with van der Waals surface area (Å²) < 4.78 is 14.8. The number of benzene rings is 2. The normalized spacial score (nSPS) is 11.7. The molecular weight excluding hydrogens is 345 g/mol. The molecule has 0 aliphatic rings. The van der Waals surface area contributed by atoms with Crippen LogP contribution in [0, 0.1) is 5.82 Å². The van der Waals surface area contributed by atoms with Crippen LogP contribution in [0.2, 0.25) is 0 Å². The first-order valence-corrected chi connectivity index (χ1v) is 8.99. The number of hydrogen-bond acceptors (Lipinski definition) is 5. The minimum atomic E-state index is -0.303. The number of thioether (sulfide) groups is 1. The predicted molar refractivity (Wildman–Crippen MR) is 97.1 cm³/mol. The van der Waals surface area contributed by atoms with Crippen LogP contribution in [0.3, 0.4) is 0 Å². The minimum Gasteiger partial charge on any atom is -0.272 e. The predicted octanol–water partition coefficient (Wildman–Crippen LogP) is 4.07. The summed E-state index contributed by atoms with van der Waals surface area (Å²) in [6.07, 6.45) is 0. The SMILES string of the molecule is C/C(=N\NC(=O)CSc1nc2ccccc2s1)c1ccc(F)cc1. The van der Waals surface area contributed by atoms with Gasteiger partial charge in [-0.15, -0.1) is 11.3 Å². The second-order valence-electron chi connectivity index (χ2n) is 4.98. The smallest absolute Gasteiger partial charge is 0.250 e. The second kappa shape index (κ2) is 7.55. The van der Waals surface area contributed by atoms with Crippen LogP contribution in [0.15, 0.2) is 58.0 Å². The summed E-state index contributed by atoms with van der Waals surface area (Å²) in [5.74, 6) is -0.274. The number of nitrogens with zero attached hydrogens (tertiary/aromatic N) is 2. The van der Waals surface area contributed by atoms with Crippen LogP contribution in [-0.2, 0) is 4.79 Å². The third-order valence-electron chi connectivity index (χ3n) is 3.21. The van der Waals surface area contributed by atoms with E-state index in [4.69, 9.17) is 0 Å². The summed E-state index contributed by atoms with van der Waals surface area (Å²) in [6.45, 7) is 1.76. The molecule has 0 unspecified atom stereocenters. The molecule has 0 bridgehead atoms. The fraction of sp³-hybridized carbons (Fsp3) is 0.118. The van der Waals surface area contributed by atoms with Gasteiger partial charge in [-0.3, -0.25) is 4.79 Å². The zero-order chi connectivity index (χ0) is 16.9. The number of aromatic nitrogens is 1. The van der Waals surface area contributed by atoms with E-state index >= 15 is 0 Å². The van der Waals surface area contributed by atoms with Crippen LogP contribution in [0.5, 0.6) is 0 Å². The van der Waals surface area contributed by atoms with Crippen molar-refractivity contribution in [2.24, 2.45) is 5.10 Å². The van der Waals surface area contributed by atoms with Crippen LogP contribution >= 0.6 is 23.1 Å². The molecule has 122 valence electrons. The van der Waals surface area contributed by atoms with Crippen molar-refractivity contribution in [3.8, 4) is 0 Å². The van der Waals surface area contributed by atoms with Crippen LogP contribution in [0.1, 0.15) is 12.5 Å². The molecule has 0 aliphatic carbocycles. The van der Waals surface area contributed by atoms with Crippen molar-refractivity contribution in [3.63, 3.8) is 0 Å². The van der Waals surface area contributed by atoms with Gasteiger partial charge in [-0.2, -0.15) is 5.10 Å². The molecule has 1 heterocycles. The maximum absolute atomic E-state index is 12.9. The molecule has 24 heavy (non-hydrogen) atoms. The zero-order valence-corrected chi connectivity index (χ0v) is 14.5. The number of hydrogen-bond donors (Lipinski definition) is 1. The fourth-order valence-corrected chi connectivity index (χ4v) is 3.84. The highest BCUT2D eigenvalue weighted by molar-refractivity contribution is 8.01. The van der Waals surface area contributed by atoms with Crippen LogP contribution < -0.4 is 5.43 Å². The molecule has 2 aromatic carbocycles. The van der Waals surface area contributed by atoms with E-state index in [0.29, 0.717) is 5.71 Å². The summed E-state index contributed by atoms with van der Waals surface area (Å²) in [6, 6.07) is 13.8. The largest absolute Gasteiger partial charge is 0.272 e.